The molecule has 0 unspecified atom stereocenters. The molecule has 2 aromatic rings. The number of nitrogens with one attached hydrogen (secondary N) is 2. The molecule has 0 radical (unpaired) electrons. The normalized spacial score (nSPS) is 10.2. The van der Waals surface area contributed by atoms with E-state index >= 15 is 0 Å². The van der Waals surface area contributed by atoms with Crippen LogP contribution >= 0.6 is 15.9 Å². The first kappa shape index (κ1) is 20.0. The topological polar surface area (TPSA) is 67.4 Å². The molecule has 6 heteroatoms. The van der Waals surface area contributed by atoms with Gasteiger partial charge in [0, 0.05) is 11.0 Å². The molecule has 0 saturated heterocycles. The van der Waals surface area contributed by atoms with E-state index in [9.17, 15) is 9.59 Å². The zero-order chi connectivity index (χ0) is 18.8. The van der Waals surface area contributed by atoms with Gasteiger partial charge in [0.1, 0.15) is 0 Å². The molecule has 0 fully saturated rings. The number of ether oxygens (including phenoxy) is 1. The molecule has 0 aromatic heterocycles. The van der Waals surface area contributed by atoms with Crippen LogP contribution in [0.2, 0.25) is 0 Å². The highest BCUT2D eigenvalue weighted by Crippen LogP contribution is 2.17. The number of halogens is 1. The number of anilines is 1. The monoisotopic (exact) mass is 418 g/mol. The van der Waals surface area contributed by atoms with Gasteiger partial charge in [-0.1, -0.05) is 59.6 Å². The highest BCUT2D eigenvalue weighted by Gasteiger charge is 2.14. The number of esters is 1. The fourth-order valence-corrected chi connectivity index (χ4v) is 2.82. The van der Waals surface area contributed by atoms with Gasteiger partial charge in [-0.05, 0) is 36.6 Å². The Labute approximate surface area is 162 Å². The molecule has 26 heavy (non-hydrogen) atoms. The third kappa shape index (κ3) is 6.19. The highest BCUT2D eigenvalue weighted by molar-refractivity contribution is 9.10. The summed E-state index contributed by atoms with van der Waals surface area (Å²) in [5.74, 6) is -0.428. The van der Waals surface area contributed by atoms with Gasteiger partial charge >= 0.3 is 12.0 Å². The van der Waals surface area contributed by atoms with Crippen molar-refractivity contribution in [3.63, 3.8) is 0 Å². The number of hydrogen-bond acceptors (Lipinski definition) is 3. The van der Waals surface area contributed by atoms with E-state index in [-0.39, 0.29) is 6.03 Å². The molecule has 0 heterocycles. The minimum Gasteiger partial charge on any atom is -0.462 e. The zero-order valence-corrected chi connectivity index (χ0v) is 16.3. The number of carbonyl (C=O) groups is 2. The zero-order valence-electron chi connectivity index (χ0n) is 14.8. The summed E-state index contributed by atoms with van der Waals surface area (Å²) in [4.78, 5) is 24.3. The van der Waals surface area contributed by atoms with Crippen molar-refractivity contribution in [1.82, 2.24) is 5.32 Å². The van der Waals surface area contributed by atoms with E-state index in [1.807, 2.05) is 31.2 Å². The van der Waals surface area contributed by atoms with Crippen molar-refractivity contribution in [3.8, 4) is 0 Å². The van der Waals surface area contributed by atoms with Gasteiger partial charge in [0.2, 0.25) is 0 Å². The standard InChI is InChI=1S/C20H23BrN2O3/c1-2-3-14-26-19(24)16-9-5-7-11-18(16)23-20(25)22-13-12-15-8-4-6-10-17(15)21/h4-11H,2-3,12-14H2,1H3,(H2,22,23,25). The lowest BCUT2D eigenvalue weighted by Gasteiger charge is -2.12. The van der Waals surface area contributed by atoms with Gasteiger partial charge in [-0.25, -0.2) is 9.59 Å². The molecule has 0 atom stereocenters. The fourth-order valence-electron chi connectivity index (χ4n) is 2.34. The number of amides is 2. The lowest BCUT2D eigenvalue weighted by molar-refractivity contribution is 0.0501. The number of unbranched alkanes of at least 4 members (excludes halogenated alkanes) is 1. The molecule has 2 aromatic carbocycles. The van der Waals surface area contributed by atoms with Crippen LogP contribution in [0, 0.1) is 0 Å². The van der Waals surface area contributed by atoms with Crippen LogP contribution in [0.3, 0.4) is 0 Å². The Hall–Kier alpha value is -2.34. The second-order valence-electron chi connectivity index (χ2n) is 5.76. The van der Waals surface area contributed by atoms with Gasteiger partial charge in [0.25, 0.3) is 0 Å². The minimum atomic E-state index is -0.428. The van der Waals surface area contributed by atoms with Crippen molar-refractivity contribution in [2.75, 3.05) is 18.5 Å². The van der Waals surface area contributed by atoms with Crippen LogP contribution < -0.4 is 10.6 Å². The maximum atomic E-state index is 12.2. The maximum Gasteiger partial charge on any atom is 0.340 e. The summed E-state index contributed by atoms with van der Waals surface area (Å²) < 4.78 is 6.24. The predicted molar refractivity (Wildman–Crippen MR) is 106 cm³/mol. The molecular weight excluding hydrogens is 396 g/mol. The van der Waals surface area contributed by atoms with Crippen molar-refractivity contribution in [1.29, 1.82) is 0 Å². The van der Waals surface area contributed by atoms with Crippen LogP contribution in [0.25, 0.3) is 0 Å². The molecule has 0 aliphatic heterocycles. The van der Waals surface area contributed by atoms with E-state index < -0.39 is 5.97 Å². The number of carbonyl (C=O) groups excluding carboxylic acids is 2. The van der Waals surface area contributed by atoms with Crippen molar-refractivity contribution >= 4 is 33.6 Å². The first-order valence-electron chi connectivity index (χ1n) is 8.66. The minimum absolute atomic E-state index is 0.351. The third-order valence-corrected chi connectivity index (χ3v) is 4.54. The number of rotatable bonds is 8. The van der Waals surface area contributed by atoms with Gasteiger partial charge in [-0.15, -0.1) is 0 Å². The van der Waals surface area contributed by atoms with Crippen LogP contribution in [0.1, 0.15) is 35.7 Å². The molecule has 0 bridgehead atoms. The molecular formula is C20H23BrN2O3. The molecule has 0 aliphatic carbocycles. The number of para-hydroxylation sites is 1. The average molecular weight is 419 g/mol. The van der Waals surface area contributed by atoms with Crippen LogP contribution in [0.5, 0.6) is 0 Å². The quantitative estimate of drug-likeness (QED) is 0.479. The Balaban J connectivity index is 1.88. The highest BCUT2D eigenvalue weighted by atomic mass is 79.9. The third-order valence-electron chi connectivity index (χ3n) is 3.76. The molecule has 0 saturated carbocycles. The van der Waals surface area contributed by atoms with Gasteiger partial charge in [-0.2, -0.15) is 0 Å². The summed E-state index contributed by atoms with van der Waals surface area (Å²) >= 11 is 3.49. The van der Waals surface area contributed by atoms with E-state index in [1.165, 1.54) is 0 Å². The molecule has 138 valence electrons. The molecule has 0 spiro atoms. The number of benzene rings is 2. The van der Waals surface area contributed by atoms with Crippen molar-refractivity contribution in [3.05, 3.63) is 64.1 Å². The van der Waals surface area contributed by atoms with E-state index in [0.717, 1.165) is 22.9 Å². The number of hydrogen-bond donors (Lipinski definition) is 2. The lowest BCUT2D eigenvalue weighted by Crippen LogP contribution is -2.31. The van der Waals surface area contributed by atoms with Gasteiger partial charge in [0.05, 0.1) is 17.9 Å². The summed E-state index contributed by atoms with van der Waals surface area (Å²) in [6.45, 7) is 2.89. The van der Waals surface area contributed by atoms with Crippen LogP contribution in [-0.4, -0.2) is 25.2 Å². The largest absolute Gasteiger partial charge is 0.462 e. The summed E-state index contributed by atoms with van der Waals surface area (Å²) in [5, 5.41) is 5.52. The Kier molecular flexibility index (Phi) is 8.15. The Bertz CT molecular complexity index is 749. The smallest absolute Gasteiger partial charge is 0.340 e. The Morgan fingerprint density at radius 2 is 1.81 bits per heavy atom. The van der Waals surface area contributed by atoms with Gasteiger partial charge in [-0.3, -0.25) is 0 Å². The predicted octanol–water partition coefficient (Wildman–Crippen LogP) is 4.77. The second kappa shape index (κ2) is 10.6. The fraction of sp³-hybridized carbons (Fsp3) is 0.300. The Morgan fingerprint density at radius 1 is 1.08 bits per heavy atom. The van der Waals surface area contributed by atoms with Crippen molar-refractivity contribution in [2.24, 2.45) is 0 Å². The molecule has 2 amide bonds. The summed E-state index contributed by atoms with van der Waals surface area (Å²) in [7, 11) is 0. The maximum absolute atomic E-state index is 12.2. The summed E-state index contributed by atoms with van der Waals surface area (Å²) in [6, 6.07) is 14.4. The van der Waals surface area contributed by atoms with E-state index in [2.05, 4.69) is 26.6 Å². The SMILES string of the molecule is CCCCOC(=O)c1ccccc1NC(=O)NCCc1ccccc1Br. The van der Waals surface area contributed by atoms with Crippen LogP contribution in [0.4, 0.5) is 10.5 Å². The molecule has 2 rings (SSSR count). The lowest BCUT2D eigenvalue weighted by atomic mass is 10.1. The average Bonchev–Trinajstić information content (AvgIpc) is 2.64. The van der Waals surface area contributed by atoms with Crippen LogP contribution in [-0.2, 0) is 11.2 Å². The van der Waals surface area contributed by atoms with Gasteiger partial charge in [0.15, 0.2) is 0 Å². The van der Waals surface area contributed by atoms with E-state index in [1.54, 1.807) is 24.3 Å². The van der Waals surface area contributed by atoms with E-state index in [4.69, 9.17) is 4.74 Å². The van der Waals surface area contributed by atoms with Crippen molar-refractivity contribution < 1.29 is 14.3 Å². The number of urea groups is 1. The van der Waals surface area contributed by atoms with Crippen molar-refractivity contribution in [2.45, 2.75) is 26.2 Å². The first-order chi connectivity index (χ1) is 12.6. The Morgan fingerprint density at radius 3 is 2.58 bits per heavy atom. The second-order valence-corrected chi connectivity index (χ2v) is 6.61. The molecule has 2 N–H and O–H groups in total. The van der Waals surface area contributed by atoms with Crippen LogP contribution in [0.15, 0.2) is 53.0 Å². The van der Waals surface area contributed by atoms with Gasteiger partial charge < -0.3 is 15.4 Å². The summed E-state index contributed by atoms with van der Waals surface area (Å²) in [6.07, 6.45) is 2.47. The molecule has 0 aliphatic rings. The molecule has 5 nitrogen and oxygen atoms in total. The van der Waals surface area contributed by atoms with E-state index in [0.29, 0.717) is 30.8 Å². The first-order valence-corrected chi connectivity index (χ1v) is 9.45. The summed E-state index contributed by atoms with van der Waals surface area (Å²) in [5.41, 5.74) is 1.91.